The second-order valence-corrected chi connectivity index (χ2v) is 6.46. The fourth-order valence-electron chi connectivity index (χ4n) is 3.51. The van der Waals surface area contributed by atoms with E-state index in [0.717, 1.165) is 37.4 Å². The van der Waals surface area contributed by atoms with E-state index in [1.54, 1.807) is 13.0 Å². The molecule has 0 unspecified atom stereocenters. The van der Waals surface area contributed by atoms with Crippen molar-refractivity contribution >= 4 is 22.5 Å². The van der Waals surface area contributed by atoms with Crippen LogP contribution in [0.4, 0.5) is 8.78 Å². The molecule has 7 heteroatoms. The van der Waals surface area contributed by atoms with E-state index in [1.165, 1.54) is 6.07 Å². The van der Waals surface area contributed by atoms with Crippen molar-refractivity contribution in [3.8, 4) is 11.3 Å². The van der Waals surface area contributed by atoms with Crippen LogP contribution < -0.4 is 0 Å². The lowest BCUT2D eigenvalue weighted by atomic mass is 10.1. The molecule has 0 bridgehead atoms. The molecule has 0 N–H and O–H groups in total. The van der Waals surface area contributed by atoms with Gasteiger partial charge in [0.2, 0.25) is 5.28 Å². The molecular formula is C17H15ClF2N4. The lowest BCUT2D eigenvalue weighted by Crippen LogP contribution is -2.06. The Morgan fingerprint density at radius 1 is 1.21 bits per heavy atom. The van der Waals surface area contributed by atoms with Gasteiger partial charge in [-0.25, -0.2) is 18.7 Å². The SMILES string of the molecule is Cc1nn(C2CCCC2)c2ccc(-c3nc(Cl)ncc3F)c(F)c12. The molecule has 3 aromatic rings. The first kappa shape index (κ1) is 15.4. The van der Waals surface area contributed by atoms with Gasteiger partial charge in [0.1, 0.15) is 11.5 Å². The monoisotopic (exact) mass is 348 g/mol. The summed E-state index contributed by atoms with van der Waals surface area (Å²) in [6.45, 7) is 1.77. The number of fused-ring (bicyclic) bond motifs is 1. The lowest BCUT2D eigenvalue weighted by Gasteiger charge is -2.12. The molecule has 2 aromatic heterocycles. The Labute approximate surface area is 142 Å². The second kappa shape index (κ2) is 5.77. The molecule has 4 nitrogen and oxygen atoms in total. The first-order chi connectivity index (χ1) is 11.6. The van der Waals surface area contributed by atoms with E-state index in [9.17, 15) is 4.39 Å². The van der Waals surface area contributed by atoms with Crippen LogP contribution in [0.15, 0.2) is 18.3 Å². The van der Waals surface area contributed by atoms with Crippen LogP contribution in [-0.4, -0.2) is 19.7 Å². The predicted octanol–water partition coefficient (Wildman–Crippen LogP) is 4.85. The van der Waals surface area contributed by atoms with Gasteiger partial charge in [-0.3, -0.25) is 4.68 Å². The van der Waals surface area contributed by atoms with Gasteiger partial charge in [-0.1, -0.05) is 12.8 Å². The zero-order valence-corrected chi connectivity index (χ0v) is 13.8. The summed E-state index contributed by atoms with van der Waals surface area (Å²) < 4.78 is 31.0. The molecule has 0 atom stereocenters. The summed E-state index contributed by atoms with van der Waals surface area (Å²) in [5, 5.41) is 4.82. The van der Waals surface area contributed by atoms with Crippen LogP contribution >= 0.6 is 11.6 Å². The highest BCUT2D eigenvalue weighted by Gasteiger charge is 2.24. The van der Waals surface area contributed by atoms with Crippen LogP contribution in [0.1, 0.15) is 37.4 Å². The summed E-state index contributed by atoms with van der Waals surface area (Å²) in [4.78, 5) is 7.41. The highest BCUT2D eigenvalue weighted by molar-refractivity contribution is 6.28. The van der Waals surface area contributed by atoms with E-state index in [2.05, 4.69) is 15.1 Å². The van der Waals surface area contributed by atoms with Crippen LogP contribution in [-0.2, 0) is 0 Å². The maximum atomic E-state index is 15.1. The minimum atomic E-state index is -0.710. The van der Waals surface area contributed by atoms with E-state index in [4.69, 9.17) is 11.6 Å². The molecule has 4 rings (SSSR count). The molecule has 24 heavy (non-hydrogen) atoms. The van der Waals surface area contributed by atoms with Gasteiger partial charge in [0, 0.05) is 5.56 Å². The Hall–Kier alpha value is -2.08. The van der Waals surface area contributed by atoms with Crippen LogP contribution in [0.5, 0.6) is 0 Å². The fourth-order valence-corrected chi connectivity index (χ4v) is 3.64. The van der Waals surface area contributed by atoms with Crippen LogP contribution in [0.25, 0.3) is 22.2 Å². The number of nitrogens with zero attached hydrogens (tertiary/aromatic N) is 4. The Morgan fingerprint density at radius 2 is 1.96 bits per heavy atom. The van der Waals surface area contributed by atoms with E-state index in [-0.39, 0.29) is 16.5 Å². The standard InChI is InChI=1S/C17H15ClF2N4/c1-9-14-13(24(23-9)10-4-2-3-5-10)7-6-11(15(14)20)16-12(19)8-21-17(18)22-16/h6-8,10H,2-5H2,1H3. The molecule has 0 amide bonds. The molecule has 124 valence electrons. The summed E-state index contributed by atoms with van der Waals surface area (Å²) in [7, 11) is 0. The van der Waals surface area contributed by atoms with Crippen molar-refractivity contribution in [1.29, 1.82) is 0 Å². The maximum absolute atomic E-state index is 15.1. The highest BCUT2D eigenvalue weighted by atomic mass is 35.5. The first-order valence-corrected chi connectivity index (χ1v) is 8.30. The number of hydrogen-bond acceptors (Lipinski definition) is 3. The van der Waals surface area contributed by atoms with Gasteiger partial charge in [0.05, 0.1) is 28.8 Å². The Kier molecular flexibility index (Phi) is 3.72. The third-order valence-corrected chi connectivity index (χ3v) is 4.81. The highest BCUT2D eigenvalue weighted by Crippen LogP contribution is 2.36. The largest absolute Gasteiger partial charge is 0.261 e. The molecular weight excluding hydrogens is 334 g/mol. The van der Waals surface area contributed by atoms with E-state index in [1.807, 2.05) is 4.68 Å². The van der Waals surface area contributed by atoms with Crippen molar-refractivity contribution in [3.63, 3.8) is 0 Å². The zero-order valence-electron chi connectivity index (χ0n) is 13.1. The van der Waals surface area contributed by atoms with Crippen molar-refractivity contribution < 1.29 is 8.78 Å². The van der Waals surface area contributed by atoms with E-state index < -0.39 is 11.6 Å². The van der Waals surface area contributed by atoms with Crippen LogP contribution in [0.3, 0.4) is 0 Å². The topological polar surface area (TPSA) is 43.6 Å². The van der Waals surface area contributed by atoms with Crippen molar-refractivity contribution in [1.82, 2.24) is 19.7 Å². The molecule has 1 aliphatic carbocycles. The summed E-state index contributed by atoms with van der Waals surface area (Å²) in [6.07, 6.45) is 5.38. The Bertz CT molecular complexity index is 932. The molecule has 1 saturated carbocycles. The van der Waals surface area contributed by atoms with Crippen molar-refractivity contribution in [2.24, 2.45) is 0 Å². The normalized spacial score (nSPS) is 15.5. The number of benzene rings is 1. The summed E-state index contributed by atoms with van der Waals surface area (Å²) in [5.74, 6) is -1.23. The Balaban J connectivity index is 1.92. The quantitative estimate of drug-likeness (QED) is 0.622. The minimum absolute atomic E-state index is 0.0679. The van der Waals surface area contributed by atoms with E-state index in [0.29, 0.717) is 17.1 Å². The van der Waals surface area contributed by atoms with Crippen molar-refractivity contribution in [3.05, 3.63) is 40.9 Å². The molecule has 1 aromatic carbocycles. The summed E-state index contributed by atoms with van der Waals surface area (Å²) >= 11 is 5.73. The molecule has 0 saturated heterocycles. The third-order valence-electron chi connectivity index (χ3n) is 4.63. The van der Waals surface area contributed by atoms with Gasteiger partial charge in [0.25, 0.3) is 0 Å². The van der Waals surface area contributed by atoms with Crippen molar-refractivity contribution in [2.75, 3.05) is 0 Å². The molecule has 1 aliphatic rings. The smallest absolute Gasteiger partial charge is 0.223 e. The average molecular weight is 349 g/mol. The number of rotatable bonds is 2. The zero-order chi connectivity index (χ0) is 16.8. The molecule has 2 heterocycles. The fraction of sp³-hybridized carbons (Fsp3) is 0.353. The van der Waals surface area contributed by atoms with Crippen LogP contribution in [0, 0.1) is 18.6 Å². The lowest BCUT2D eigenvalue weighted by molar-refractivity contribution is 0.479. The molecule has 0 spiro atoms. The van der Waals surface area contributed by atoms with Gasteiger partial charge in [-0.05, 0) is 43.5 Å². The van der Waals surface area contributed by atoms with Crippen LogP contribution in [0.2, 0.25) is 5.28 Å². The molecule has 0 aliphatic heterocycles. The number of halogens is 3. The minimum Gasteiger partial charge on any atom is -0.261 e. The van der Waals surface area contributed by atoms with Gasteiger partial charge >= 0.3 is 0 Å². The van der Waals surface area contributed by atoms with E-state index >= 15 is 4.39 Å². The maximum Gasteiger partial charge on any atom is 0.223 e. The predicted molar refractivity (Wildman–Crippen MR) is 87.9 cm³/mol. The summed E-state index contributed by atoms with van der Waals surface area (Å²) in [6, 6.07) is 3.62. The Morgan fingerprint density at radius 3 is 2.71 bits per heavy atom. The number of hydrogen-bond donors (Lipinski definition) is 0. The van der Waals surface area contributed by atoms with Gasteiger partial charge in [-0.2, -0.15) is 5.10 Å². The average Bonchev–Trinajstić information content (AvgIpc) is 3.18. The summed E-state index contributed by atoms with van der Waals surface area (Å²) in [5.41, 5.74) is 1.26. The number of aromatic nitrogens is 4. The second-order valence-electron chi connectivity index (χ2n) is 6.13. The van der Waals surface area contributed by atoms with Crippen molar-refractivity contribution in [2.45, 2.75) is 38.6 Å². The van der Waals surface area contributed by atoms with Gasteiger partial charge in [0.15, 0.2) is 5.82 Å². The van der Waals surface area contributed by atoms with Gasteiger partial charge < -0.3 is 0 Å². The molecule has 1 fully saturated rings. The number of aryl methyl sites for hydroxylation is 1. The first-order valence-electron chi connectivity index (χ1n) is 7.92. The van der Waals surface area contributed by atoms with Gasteiger partial charge in [-0.15, -0.1) is 0 Å². The molecule has 0 radical (unpaired) electrons. The third kappa shape index (κ3) is 2.36.